The van der Waals surface area contributed by atoms with Crippen molar-refractivity contribution in [3.63, 3.8) is 0 Å². The lowest BCUT2D eigenvalue weighted by Gasteiger charge is -2.18. The minimum atomic E-state index is -1.05. The molecule has 5 nitrogen and oxygen atoms in total. The topological polar surface area (TPSA) is 67.5 Å². The lowest BCUT2D eigenvalue weighted by Crippen LogP contribution is -2.30. The summed E-state index contributed by atoms with van der Waals surface area (Å²) in [6, 6.07) is 3.30. The molecule has 1 aliphatic rings. The van der Waals surface area contributed by atoms with Crippen LogP contribution in [0.3, 0.4) is 0 Å². The summed E-state index contributed by atoms with van der Waals surface area (Å²) in [5.74, 6) is 0. The van der Waals surface area contributed by atoms with E-state index >= 15 is 0 Å². The number of imidazole rings is 1. The first-order valence-corrected chi connectivity index (χ1v) is 7.49. The summed E-state index contributed by atoms with van der Waals surface area (Å²) in [7, 11) is 0. The summed E-state index contributed by atoms with van der Waals surface area (Å²) in [5, 5.41) is 20.7. The summed E-state index contributed by atoms with van der Waals surface area (Å²) in [5.41, 5.74) is 1.28. The van der Waals surface area contributed by atoms with E-state index < -0.39 is 24.5 Å². The molecule has 108 valence electrons. The Labute approximate surface area is 133 Å². The Morgan fingerprint density at radius 1 is 1.25 bits per heavy atom. The van der Waals surface area contributed by atoms with Gasteiger partial charge in [0.25, 0.3) is 0 Å². The molecule has 3 rings (SSSR count). The van der Waals surface area contributed by atoms with Crippen LogP contribution in [0.1, 0.15) is 13.2 Å². The van der Waals surface area contributed by atoms with Gasteiger partial charge in [-0.3, -0.25) is 4.57 Å². The van der Waals surface area contributed by atoms with Gasteiger partial charge in [-0.1, -0.05) is 23.2 Å². The van der Waals surface area contributed by atoms with E-state index in [1.807, 2.05) is 0 Å². The van der Waals surface area contributed by atoms with E-state index in [2.05, 4.69) is 20.9 Å². The first-order valence-electron chi connectivity index (χ1n) is 5.94. The summed E-state index contributed by atoms with van der Waals surface area (Å²) in [6.45, 7) is 1.70. The van der Waals surface area contributed by atoms with Crippen LogP contribution in [0.4, 0.5) is 0 Å². The van der Waals surface area contributed by atoms with Crippen LogP contribution in [-0.2, 0) is 4.74 Å². The fraction of sp³-hybridized carbons (Fsp3) is 0.417. The second kappa shape index (κ2) is 5.12. The number of halogens is 3. The van der Waals surface area contributed by atoms with Crippen molar-refractivity contribution in [3.05, 3.63) is 26.9 Å². The molecule has 20 heavy (non-hydrogen) atoms. The van der Waals surface area contributed by atoms with E-state index in [1.54, 1.807) is 23.6 Å². The van der Waals surface area contributed by atoms with Crippen LogP contribution in [0.5, 0.6) is 0 Å². The van der Waals surface area contributed by atoms with Crippen LogP contribution < -0.4 is 0 Å². The molecule has 0 amide bonds. The number of rotatable bonds is 1. The number of benzene rings is 1. The molecule has 0 saturated carbocycles. The van der Waals surface area contributed by atoms with E-state index in [9.17, 15) is 10.2 Å². The largest absolute Gasteiger partial charge is 0.388 e. The average molecular weight is 382 g/mol. The molecule has 4 atom stereocenters. The third kappa shape index (κ3) is 2.15. The second-order valence-corrected chi connectivity index (χ2v) is 6.24. The molecule has 0 spiro atoms. The van der Waals surface area contributed by atoms with Gasteiger partial charge in [0.1, 0.15) is 12.2 Å². The van der Waals surface area contributed by atoms with Gasteiger partial charge in [0.05, 0.1) is 27.2 Å². The number of hydrogen-bond acceptors (Lipinski definition) is 4. The number of fused-ring (bicyclic) bond motifs is 1. The molecule has 1 saturated heterocycles. The van der Waals surface area contributed by atoms with E-state index in [1.165, 1.54) is 0 Å². The van der Waals surface area contributed by atoms with E-state index in [0.29, 0.717) is 25.8 Å². The molecule has 1 fully saturated rings. The lowest BCUT2D eigenvalue weighted by atomic mass is 10.1. The quantitative estimate of drug-likeness (QED) is 0.796. The zero-order valence-corrected chi connectivity index (χ0v) is 13.4. The van der Waals surface area contributed by atoms with Crippen LogP contribution in [0.15, 0.2) is 16.9 Å². The van der Waals surface area contributed by atoms with Gasteiger partial charge >= 0.3 is 0 Å². The Bertz CT molecular complexity index is 678. The SMILES string of the molecule is C[C@@H]1O[C@@H](n2c(Br)nc3cc(Cl)c(Cl)cc32)[C@@H](O)[C@H]1O. The number of ether oxygens (including phenoxy) is 1. The fourth-order valence-corrected chi connectivity index (χ4v) is 3.24. The molecule has 1 aromatic heterocycles. The molecule has 0 unspecified atom stereocenters. The number of aliphatic hydroxyl groups excluding tert-OH is 2. The summed E-state index contributed by atoms with van der Waals surface area (Å²) < 4.78 is 7.72. The van der Waals surface area contributed by atoms with Crippen LogP contribution in [0, 0.1) is 0 Å². The molecule has 1 aliphatic heterocycles. The fourth-order valence-electron chi connectivity index (χ4n) is 2.34. The van der Waals surface area contributed by atoms with Crippen molar-refractivity contribution in [2.24, 2.45) is 0 Å². The Balaban J connectivity index is 2.17. The third-order valence-electron chi connectivity index (χ3n) is 3.42. The second-order valence-electron chi connectivity index (χ2n) is 4.72. The molecular formula is C12H11BrCl2N2O3. The van der Waals surface area contributed by atoms with Crippen molar-refractivity contribution in [2.45, 2.75) is 31.5 Å². The highest BCUT2D eigenvalue weighted by molar-refractivity contribution is 9.10. The molecule has 0 aliphatic carbocycles. The van der Waals surface area contributed by atoms with Gasteiger partial charge < -0.3 is 14.9 Å². The van der Waals surface area contributed by atoms with Crippen molar-refractivity contribution in [2.75, 3.05) is 0 Å². The average Bonchev–Trinajstić information content (AvgIpc) is 2.81. The monoisotopic (exact) mass is 380 g/mol. The predicted octanol–water partition coefficient (Wildman–Crippen LogP) is 2.74. The zero-order valence-electron chi connectivity index (χ0n) is 10.3. The predicted molar refractivity (Wildman–Crippen MR) is 79.1 cm³/mol. The van der Waals surface area contributed by atoms with Crippen molar-refractivity contribution in [1.29, 1.82) is 0 Å². The molecule has 0 radical (unpaired) electrons. The van der Waals surface area contributed by atoms with Gasteiger partial charge in [-0.15, -0.1) is 0 Å². The van der Waals surface area contributed by atoms with E-state index in [-0.39, 0.29) is 0 Å². The molecule has 2 N–H and O–H groups in total. The lowest BCUT2D eigenvalue weighted by molar-refractivity contribution is -0.0309. The van der Waals surface area contributed by atoms with Gasteiger partial charge in [0.15, 0.2) is 11.0 Å². The molecule has 0 bridgehead atoms. The summed E-state index contributed by atoms with van der Waals surface area (Å²) >= 11 is 15.3. The van der Waals surface area contributed by atoms with Gasteiger partial charge in [0.2, 0.25) is 0 Å². The van der Waals surface area contributed by atoms with Gasteiger partial charge in [0, 0.05) is 0 Å². The Morgan fingerprint density at radius 3 is 2.50 bits per heavy atom. The van der Waals surface area contributed by atoms with Crippen LogP contribution in [0.2, 0.25) is 10.0 Å². The molecule has 2 aromatic rings. The highest BCUT2D eigenvalue weighted by atomic mass is 79.9. The van der Waals surface area contributed by atoms with Gasteiger partial charge in [-0.05, 0) is 35.0 Å². The van der Waals surface area contributed by atoms with Crippen LogP contribution in [-0.4, -0.2) is 38.1 Å². The van der Waals surface area contributed by atoms with Crippen molar-refractivity contribution in [1.82, 2.24) is 9.55 Å². The first kappa shape index (κ1) is 14.6. The van der Waals surface area contributed by atoms with Gasteiger partial charge in [-0.25, -0.2) is 4.98 Å². The summed E-state index contributed by atoms with van der Waals surface area (Å²) in [6.07, 6.45) is -3.21. The van der Waals surface area contributed by atoms with Crippen molar-refractivity contribution >= 4 is 50.2 Å². The highest BCUT2D eigenvalue weighted by Gasteiger charge is 2.42. The first-order chi connectivity index (χ1) is 9.40. The Hall–Kier alpha value is -0.370. The van der Waals surface area contributed by atoms with Gasteiger partial charge in [-0.2, -0.15) is 0 Å². The maximum atomic E-state index is 10.1. The zero-order chi connectivity index (χ0) is 14.6. The molecule has 8 heteroatoms. The van der Waals surface area contributed by atoms with E-state index in [4.69, 9.17) is 27.9 Å². The third-order valence-corrected chi connectivity index (χ3v) is 4.70. The normalized spacial score (nSPS) is 30.3. The van der Waals surface area contributed by atoms with Crippen LogP contribution in [0.25, 0.3) is 11.0 Å². The minimum absolute atomic E-state index is 0.383. The summed E-state index contributed by atoms with van der Waals surface area (Å²) in [4.78, 5) is 4.31. The Kier molecular flexibility index (Phi) is 3.73. The van der Waals surface area contributed by atoms with Crippen LogP contribution >= 0.6 is 39.1 Å². The molecule has 2 heterocycles. The maximum absolute atomic E-state index is 10.1. The smallest absolute Gasteiger partial charge is 0.180 e. The Morgan fingerprint density at radius 2 is 1.90 bits per heavy atom. The van der Waals surface area contributed by atoms with Crippen molar-refractivity contribution < 1.29 is 14.9 Å². The standard InChI is InChI=1S/C12H11BrCl2N2O3/c1-4-9(18)10(19)11(20-4)17-8-3-6(15)5(14)2-7(8)16-12(17)13/h2-4,9-11,18-19H,1H3/t4-,9-,10-,11+/m0/s1. The number of nitrogens with zero attached hydrogens (tertiary/aromatic N) is 2. The molecule has 1 aromatic carbocycles. The number of aliphatic hydroxyl groups is 2. The van der Waals surface area contributed by atoms with E-state index in [0.717, 1.165) is 0 Å². The minimum Gasteiger partial charge on any atom is -0.388 e. The molecular weight excluding hydrogens is 371 g/mol. The number of aromatic nitrogens is 2. The number of hydrogen-bond donors (Lipinski definition) is 2. The van der Waals surface area contributed by atoms with Crippen molar-refractivity contribution in [3.8, 4) is 0 Å². The highest BCUT2D eigenvalue weighted by Crippen LogP contribution is 2.37. The maximum Gasteiger partial charge on any atom is 0.180 e.